The monoisotopic (exact) mass is 295 g/mol. The molecule has 0 amide bonds. The molecular weight excluding hydrogens is 277 g/mol. The minimum absolute atomic E-state index is 0.0203. The van der Waals surface area contributed by atoms with Gasteiger partial charge in [-0.2, -0.15) is 0 Å². The van der Waals surface area contributed by atoms with Crippen LogP contribution in [0.5, 0.6) is 0 Å². The van der Waals surface area contributed by atoms with E-state index in [9.17, 15) is 9.18 Å². The number of pyridine rings is 1. The summed E-state index contributed by atoms with van der Waals surface area (Å²) in [5, 5.41) is 0. The molecule has 21 heavy (non-hydrogen) atoms. The van der Waals surface area contributed by atoms with E-state index in [0.29, 0.717) is 18.9 Å². The Morgan fingerprint density at radius 1 is 1.33 bits per heavy atom. The number of methoxy groups -OCH3 is 1. The van der Waals surface area contributed by atoms with Crippen LogP contribution in [0.2, 0.25) is 0 Å². The van der Waals surface area contributed by atoms with E-state index in [2.05, 4.69) is 9.72 Å². The normalized spacial score (nSPS) is 21.6. The minimum Gasteiger partial charge on any atom is -0.464 e. The number of carbonyl (C=O) groups excluding carboxylic acids is 1. The van der Waals surface area contributed by atoms with Crippen molar-refractivity contribution in [2.75, 3.05) is 20.3 Å². The summed E-state index contributed by atoms with van der Waals surface area (Å²) in [5.74, 6) is -1.43. The molecule has 1 spiro atoms. The van der Waals surface area contributed by atoms with Crippen LogP contribution in [0.3, 0.4) is 0 Å². The van der Waals surface area contributed by atoms with E-state index in [1.807, 2.05) is 0 Å². The number of halogens is 1. The molecule has 6 heteroatoms. The molecule has 1 aromatic heterocycles. The third kappa shape index (κ3) is 2.78. The Bertz CT molecular complexity index is 532. The highest BCUT2D eigenvalue weighted by atomic mass is 19.1. The minimum atomic E-state index is -0.550. The fourth-order valence-corrected chi connectivity index (χ4v) is 3.08. The fraction of sp³-hybridized carbons (Fsp3) is 0.600. The molecule has 0 unspecified atom stereocenters. The fourth-order valence-electron chi connectivity index (χ4n) is 3.08. The van der Waals surface area contributed by atoms with Gasteiger partial charge in [-0.15, -0.1) is 0 Å². The lowest BCUT2D eigenvalue weighted by molar-refractivity contribution is -0.179. The Labute approximate surface area is 122 Å². The van der Waals surface area contributed by atoms with Crippen LogP contribution in [-0.4, -0.2) is 37.1 Å². The second kappa shape index (κ2) is 5.69. The second-order valence-corrected chi connectivity index (χ2v) is 5.44. The summed E-state index contributed by atoms with van der Waals surface area (Å²) in [6.07, 6.45) is 2.91. The highest BCUT2D eigenvalue weighted by Gasteiger charge is 2.41. The predicted molar refractivity (Wildman–Crippen MR) is 71.4 cm³/mol. The molecule has 2 aliphatic rings. The molecule has 0 bridgehead atoms. The van der Waals surface area contributed by atoms with Crippen LogP contribution in [0.25, 0.3) is 0 Å². The van der Waals surface area contributed by atoms with Crippen LogP contribution in [0.4, 0.5) is 4.39 Å². The SMILES string of the molecule is COC(=O)c1ccc(F)c(C2CCC3(CC2)OCCO3)n1. The third-order valence-corrected chi connectivity index (χ3v) is 4.22. The molecule has 2 fully saturated rings. The lowest BCUT2D eigenvalue weighted by Gasteiger charge is -2.35. The molecule has 1 saturated carbocycles. The van der Waals surface area contributed by atoms with Crippen LogP contribution in [0, 0.1) is 5.82 Å². The summed E-state index contributed by atoms with van der Waals surface area (Å²) in [5.41, 5.74) is 0.480. The zero-order valence-electron chi connectivity index (χ0n) is 11.9. The second-order valence-electron chi connectivity index (χ2n) is 5.44. The van der Waals surface area contributed by atoms with E-state index in [1.54, 1.807) is 0 Å². The topological polar surface area (TPSA) is 57.7 Å². The van der Waals surface area contributed by atoms with E-state index in [-0.39, 0.29) is 17.4 Å². The number of carbonyl (C=O) groups is 1. The van der Waals surface area contributed by atoms with Gasteiger partial charge in [-0.3, -0.25) is 0 Å². The molecule has 0 atom stereocenters. The Kier molecular flexibility index (Phi) is 3.91. The van der Waals surface area contributed by atoms with Crippen molar-refractivity contribution in [3.8, 4) is 0 Å². The van der Waals surface area contributed by atoms with Crippen LogP contribution in [0.15, 0.2) is 12.1 Å². The van der Waals surface area contributed by atoms with E-state index in [1.165, 1.54) is 19.2 Å². The van der Waals surface area contributed by atoms with Crippen LogP contribution < -0.4 is 0 Å². The molecule has 0 aromatic carbocycles. The van der Waals surface area contributed by atoms with Gasteiger partial charge >= 0.3 is 5.97 Å². The van der Waals surface area contributed by atoms with Crippen molar-refractivity contribution in [2.24, 2.45) is 0 Å². The number of esters is 1. The zero-order chi connectivity index (χ0) is 14.9. The Hall–Kier alpha value is -1.53. The molecule has 2 heterocycles. The Balaban J connectivity index is 1.76. The van der Waals surface area contributed by atoms with Crippen molar-refractivity contribution >= 4 is 5.97 Å². The number of nitrogens with zero attached hydrogens (tertiary/aromatic N) is 1. The summed E-state index contributed by atoms with van der Waals surface area (Å²) >= 11 is 0. The average molecular weight is 295 g/mol. The number of ether oxygens (including phenoxy) is 3. The molecule has 5 nitrogen and oxygen atoms in total. The smallest absolute Gasteiger partial charge is 0.356 e. The number of hydrogen-bond acceptors (Lipinski definition) is 5. The largest absolute Gasteiger partial charge is 0.464 e. The van der Waals surface area contributed by atoms with Crippen molar-refractivity contribution in [2.45, 2.75) is 37.4 Å². The molecule has 1 aliphatic carbocycles. The van der Waals surface area contributed by atoms with Gasteiger partial charge in [0.15, 0.2) is 5.79 Å². The number of rotatable bonds is 2. The third-order valence-electron chi connectivity index (χ3n) is 4.22. The molecule has 1 saturated heterocycles. The molecule has 1 aromatic rings. The first-order chi connectivity index (χ1) is 10.1. The lowest BCUT2D eigenvalue weighted by Crippen LogP contribution is -2.35. The molecule has 3 rings (SSSR count). The summed E-state index contributed by atoms with van der Waals surface area (Å²) < 4.78 is 30.0. The molecule has 0 N–H and O–H groups in total. The summed E-state index contributed by atoms with van der Waals surface area (Å²) in [4.78, 5) is 15.7. The Morgan fingerprint density at radius 3 is 2.62 bits per heavy atom. The summed E-state index contributed by atoms with van der Waals surface area (Å²) in [6, 6.07) is 2.62. The lowest BCUT2D eigenvalue weighted by atomic mass is 9.83. The standard InChI is InChI=1S/C15H18FNO4/c1-19-14(18)12-3-2-11(16)13(17-12)10-4-6-15(7-5-10)20-8-9-21-15/h2-3,10H,4-9H2,1H3. The van der Waals surface area contributed by atoms with Crippen molar-refractivity contribution in [1.29, 1.82) is 0 Å². The highest BCUT2D eigenvalue weighted by molar-refractivity contribution is 5.87. The molecule has 1 aliphatic heterocycles. The van der Waals surface area contributed by atoms with Crippen molar-refractivity contribution in [3.05, 3.63) is 29.3 Å². The average Bonchev–Trinajstić information content (AvgIpc) is 2.96. The number of aromatic nitrogens is 1. The van der Waals surface area contributed by atoms with Crippen LogP contribution in [-0.2, 0) is 14.2 Å². The van der Waals surface area contributed by atoms with E-state index < -0.39 is 11.8 Å². The highest BCUT2D eigenvalue weighted by Crippen LogP contribution is 2.42. The van der Waals surface area contributed by atoms with Gasteiger partial charge in [0.05, 0.1) is 26.0 Å². The van der Waals surface area contributed by atoms with Gasteiger partial charge in [0.2, 0.25) is 0 Å². The molecule has 0 radical (unpaired) electrons. The van der Waals surface area contributed by atoms with Crippen molar-refractivity contribution in [1.82, 2.24) is 4.98 Å². The van der Waals surface area contributed by atoms with Gasteiger partial charge in [0, 0.05) is 18.8 Å². The van der Waals surface area contributed by atoms with Gasteiger partial charge < -0.3 is 14.2 Å². The maximum atomic E-state index is 14.0. The first-order valence-corrected chi connectivity index (χ1v) is 7.16. The van der Waals surface area contributed by atoms with Gasteiger partial charge in [0.1, 0.15) is 11.5 Å². The Morgan fingerprint density at radius 2 is 2.00 bits per heavy atom. The van der Waals surface area contributed by atoms with Gasteiger partial charge in [0.25, 0.3) is 0 Å². The van der Waals surface area contributed by atoms with Gasteiger partial charge in [-0.05, 0) is 25.0 Å². The summed E-state index contributed by atoms with van der Waals surface area (Å²) in [6.45, 7) is 1.24. The van der Waals surface area contributed by atoms with E-state index in [0.717, 1.165) is 25.7 Å². The maximum Gasteiger partial charge on any atom is 0.356 e. The molecular formula is C15H18FNO4. The van der Waals surface area contributed by atoms with E-state index >= 15 is 0 Å². The number of hydrogen-bond donors (Lipinski definition) is 0. The van der Waals surface area contributed by atoms with Crippen LogP contribution in [0.1, 0.15) is 47.8 Å². The predicted octanol–water partition coefficient (Wildman–Crippen LogP) is 2.41. The summed E-state index contributed by atoms with van der Waals surface area (Å²) in [7, 11) is 1.28. The first-order valence-electron chi connectivity index (χ1n) is 7.16. The van der Waals surface area contributed by atoms with Gasteiger partial charge in [-0.25, -0.2) is 14.2 Å². The van der Waals surface area contributed by atoms with Crippen LogP contribution >= 0.6 is 0 Å². The van der Waals surface area contributed by atoms with Crippen molar-refractivity contribution < 1.29 is 23.4 Å². The maximum absolute atomic E-state index is 14.0. The van der Waals surface area contributed by atoms with Gasteiger partial charge in [-0.1, -0.05) is 0 Å². The first kappa shape index (κ1) is 14.4. The van der Waals surface area contributed by atoms with Crippen molar-refractivity contribution in [3.63, 3.8) is 0 Å². The molecule has 114 valence electrons. The quantitative estimate of drug-likeness (QED) is 0.784. The van der Waals surface area contributed by atoms with E-state index in [4.69, 9.17) is 9.47 Å². The zero-order valence-corrected chi connectivity index (χ0v) is 11.9.